The Labute approximate surface area is 479 Å². The quantitative estimate of drug-likeness (QED) is 0.0215. The summed E-state index contributed by atoms with van der Waals surface area (Å²) < 4.78 is 11.2. The zero-order valence-electron chi connectivity index (χ0n) is 50.4. The minimum absolute atomic E-state index is 0.241. The second-order valence-electron chi connectivity index (χ2n) is 23.2. The van der Waals surface area contributed by atoms with E-state index in [2.05, 4.69) is 67.8 Å². The van der Waals surface area contributed by atoms with Gasteiger partial charge in [-0.3, -0.25) is 4.79 Å². The van der Waals surface area contributed by atoms with Gasteiger partial charge in [-0.05, 0) is 89.9 Å². The second-order valence-corrected chi connectivity index (χ2v) is 23.2. The number of aliphatic hydroxyl groups is 7. The van der Waals surface area contributed by atoms with Crippen LogP contribution in [0.15, 0.2) is 48.6 Å². The number of aliphatic hydroxyl groups excluding tert-OH is 7. The van der Waals surface area contributed by atoms with E-state index in [1.165, 1.54) is 212 Å². The smallest absolute Gasteiger partial charge is 0.249 e. The molecule has 1 heterocycles. The summed E-state index contributed by atoms with van der Waals surface area (Å²) in [6.45, 7) is 3.46. The summed E-state index contributed by atoms with van der Waals surface area (Å²) in [6, 6.07) is -1.20. The Hall–Kier alpha value is -1.93. The van der Waals surface area contributed by atoms with E-state index in [0.29, 0.717) is 19.3 Å². The molecule has 11 heteroatoms. The van der Waals surface area contributed by atoms with Crippen LogP contribution in [0.5, 0.6) is 0 Å². The first kappa shape index (κ1) is 74.1. The van der Waals surface area contributed by atoms with Gasteiger partial charge in [-0.2, -0.15) is 0 Å². The Balaban J connectivity index is 2.24. The molecule has 1 aliphatic rings. The molecule has 0 radical (unpaired) electrons. The number of allylic oxidation sites excluding steroid dienone is 8. The Morgan fingerprint density at radius 3 is 1.14 bits per heavy atom. The van der Waals surface area contributed by atoms with E-state index >= 15 is 0 Å². The molecule has 1 aliphatic heterocycles. The first-order valence-corrected chi connectivity index (χ1v) is 33.0. The fraction of sp³-hybridized carbons (Fsp3) is 0.866. The van der Waals surface area contributed by atoms with Gasteiger partial charge in [-0.25, -0.2) is 0 Å². The van der Waals surface area contributed by atoms with Crippen LogP contribution in [0.1, 0.15) is 303 Å². The molecule has 0 aromatic carbocycles. The van der Waals surface area contributed by atoms with Gasteiger partial charge in [0.1, 0.15) is 36.6 Å². The minimum Gasteiger partial charge on any atom is -0.394 e. The van der Waals surface area contributed by atoms with Crippen LogP contribution in [0.3, 0.4) is 0 Å². The van der Waals surface area contributed by atoms with Crippen LogP contribution in [0.4, 0.5) is 0 Å². The monoisotopic (exact) mass is 1100 g/mol. The van der Waals surface area contributed by atoms with Crippen LogP contribution < -0.4 is 5.32 Å². The molecule has 0 aromatic heterocycles. The molecule has 78 heavy (non-hydrogen) atoms. The standard InChI is InChI=1S/C67H125NO10/c1-3-5-7-9-11-13-15-17-19-21-23-25-26-27-28-29-30-31-32-33-34-35-37-39-41-43-45-47-49-51-53-55-60(71)66(76)68-58(57-77-67-65(75)64(74)63(73)61(56-69)78-67)62(72)59(70)54-52-50-48-46-44-42-40-38-36-24-22-20-18-16-14-12-10-8-6-4-2/h20,22,27-28,38,40,46,48,58-65,67,69-75H,3-19,21,23-26,29-37,39,41-45,47,49-57H2,1-2H3,(H,68,76)/b22-20+,28-27-,40-38+,48-46+. The van der Waals surface area contributed by atoms with Gasteiger partial charge in [-0.1, -0.05) is 262 Å². The average molecular weight is 1100 g/mol. The molecular weight excluding hydrogens is 979 g/mol. The van der Waals surface area contributed by atoms with Crippen molar-refractivity contribution in [2.24, 2.45) is 0 Å². The number of carbonyl (C=O) groups excluding carboxylic acids is 1. The number of carbonyl (C=O) groups is 1. The van der Waals surface area contributed by atoms with Crippen molar-refractivity contribution in [2.75, 3.05) is 13.2 Å². The van der Waals surface area contributed by atoms with Crippen molar-refractivity contribution in [2.45, 2.75) is 358 Å². The highest BCUT2D eigenvalue weighted by atomic mass is 16.7. The van der Waals surface area contributed by atoms with E-state index in [-0.39, 0.29) is 12.8 Å². The normalized spacial score (nSPS) is 19.7. The lowest BCUT2D eigenvalue weighted by atomic mass is 9.98. The Kier molecular flexibility index (Phi) is 52.8. The van der Waals surface area contributed by atoms with Gasteiger partial charge in [0, 0.05) is 0 Å². The van der Waals surface area contributed by atoms with Crippen molar-refractivity contribution in [1.29, 1.82) is 0 Å². The number of nitrogens with one attached hydrogen (secondary N) is 1. The molecule has 11 nitrogen and oxygen atoms in total. The fourth-order valence-electron chi connectivity index (χ4n) is 10.5. The van der Waals surface area contributed by atoms with Crippen LogP contribution in [0, 0.1) is 0 Å². The summed E-state index contributed by atoms with van der Waals surface area (Å²) in [6.07, 6.45) is 60.4. The van der Waals surface area contributed by atoms with Gasteiger partial charge in [0.05, 0.1) is 25.4 Å². The molecule has 0 saturated carbocycles. The summed E-state index contributed by atoms with van der Waals surface area (Å²) in [5, 5.41) is 76.3. The number of hydrogen-bond donors (Lipinski definition) is 8. The van der Waals surface area contributed by atoms with E-state index in [0.717, 1.165) is 44.9 Å². The van der Waals surface area contributed by atoms with E-state index in [4.69, 9.17) is 9.47 Å². The predicted molar refractivity (Wildman–Crippen MR) is 325 cm³/mol. The largest absolute Gasteiger partial charge is 0.394 e. The van der Waals surface area contributed by atoms with E-state index < -0.39 is 74.2 Å². The van der Waals surface area contributed by atoms with Crippen LogP contribution in [-0.4, -0.2) is 110 Å². The Morgan fingerprint density at radius 1 is 0.436 bits per heavy atom. The van der Waals surface area contributed by atoms with Crippen molar-refractivity contribution in [3.8, 4) is 0 Å². The van der Waals surface area contributed by atoms with Crippen molar-refractivity contribution in [3.05, 3.63) is 48.6 Å². The van der Waals surface area contributed by atoms with Gasteiger partial charge in [0.2, 0.25) is 5.91 Å². The highest BCUT2D eigenvalue weighted by Gasteiger charge is 2.44. The molecule has 1 amide bonds. The SMILES string of the molecule is CCCCCCCCC/C=C/CC/C=C/CC/C=C/CCCC(O)C(O)C(COC1OC(CO)C(O)C(O)C1O)NC(=O)C(O)CCCCCCCCCCCCCCCCC/C=C\CCCCCCCCCCCCCC. The Morgan fingerprint density at radius 2 is 0.769 bits per heavy atom. The maximum Gasteiger partial charge on any atom is 0.249 e. The fourth-order valence-corrected chi connectivity index (χ4v) is 10.5. The maximum absolute atomic E-state index is 13.2. The lowest BCUT2D eigenvalue weighted by Crippen LogP contribution is -2.60. The molecule has 9 unspecified atom stereocenters. The molecule has 0 spiro atoms. The molecule has 1 saturated heterocycles. The van der Waals surface area contributed by atoms with Crippen LogP contribution in [-0.2, 0) is 14.3 Å². The van der Waals surface area contributed by atoms with E-state index in [9.17, 15) is 40.5 Å². The predicted octanol–water partition coefficient (Wildman–Crippen LogP) is 15.2. The van der Waals surface area contributed by atoms with E-state index in [1.807, 2.05) is 0 Å². The lowest BCUT2D eigenvalue weighted by Gasteiger charge is -2.40. The highest BCUT2D eigenvalue weighted by Crippen LogP contribution is 2.23. The number of rotatable bonds is 57. The first-order valence-electron chi connectivity index (χ1n) is 33.0. The third-order valence-electron chi connectivity index (χ3n) is 15.8. The number of ether oxygens (including phenoxy) is 2. The van der Waals surface area contributed by atoms with Gasteiger partial charge >= 0.3 is 0 Å². The molecule has 458 valence electrons. The van der Waals surface area contributed by atoms with Crippen molar-refractivity contribution in [3.63, 3.8) is 0 Å². The highest BCUT2D eigenvalue weighted by molar-refractivity contribution is 5.80. The van der Waals surface area contributed by atoms with Gasteiger partial charge in [0.25, 0.3) is 0 Å². The number of amides is 1. The molecule has 0 aromatic rings. The molecule has 9 atom stereocenters. The summed E-state index contributed by atoms with van der Waals surface area (Å²) in [7, 11) is 0. The van der Waals surface area contributed by atoms with Gasteiger partial charge in [0.15, 0.2) is 6.29 Å². The van der Waals surface area contributed by atoms with Crippen LogP contribution >= 0.6 is 0 Å². The van der Waals surface area contributed by atoms with Gasteiger partial charge < -0.3 is 50.5 Å². The van der Waals surface area contributed by atoms with Gasteiger partial charge in [-0.15, -0.1) is 0 Å². The molecule has 0 bridgehead atoms. The first-order chi connectivity index (χ1) is 38.2. The number of hydrogen-bond acceptors (Lipinski definition) is 10. The summed E-state index contributed by atoms with van der Waals surface area (Å²) in [5.74, 6) is -0.709. The molecule has 0 aliphatic carbocycles. The molecule has 1 rings (SSSR count). The summed E-state index contributed by atoms with van der Waals surface area (Å²) >= 11 is 0. The molecule has 8 N–H and O–H groups in total. The third-order valence-corrected chi connectivity index (χ3v) is 15.8. The average Bonchev–Trinajstić information content (AvgIpc) is 3.46. The van der Waals surface area contributed by atoms with Crippen molar-refractivity contribution in [1.82, 2.24) is 5.32 Å². The zero-order valence-corrected chi connectivity index (χ0v) is 50.4. The van der Waals surface area contributed by atoms with Crippen molar-refractivity contribution < 1.29 is 50.0 Å². The lowest BCUT2D eigenvalue weighted by molar-refractivity contribution is -0.303. The summed E-state index contributed by atoms with van der Waals surface area (Å²) in [4.78, 5) is 13.2. The van der Waals surface area contributed by atoms with Crippen molar-refractivity contribution >= 4 is 5.91 Å². The Bertz CT molecular complexity index is 1410. The van der Waals surface area contributed by atoms with Crippen LogP contribution in [0.2, 0.25) is 0 Å². The van der Waals surface area contributed by atoms with Crippen LogP contribution in [0.25, 0.3) is 0 Å². The zero-order chi connectivity index (χ0) is 56.8. The summed E-state index contributed by atoms with van der Waals surface area (Å²) in [5.41, 5.74) is 0. The second kappa shape index (κ2) is 55.6. The number of unbranched alkanes of at least 4 members (excludes halogenated alkanes) is 37. The third kappa shape index (κ3) is 42.8. The molecule has 1 fully saturated rings. The van der Waals surface area contributed by atoms with E-state index in [1.54, 1.807) is 0 Å². The maximum atomic E-state index is 13.2. The molecular formula is C67H125NO10. The minimum atomic E-state index is -1.67. The topological polar surface area (TPSA) is 189 Å².